The average Bonchev–Trinajstić information content (AvgIpc) is 3.92. The number of nitrogens with one attached hydrogen (secondary N) is 4. The molecule has 0 spiro atoms. The molecule has 2 atom stereocenters. The van der Waals surface area contributed by atoms with E-state index in [4.69, 9.17) is 9.68 Å². The molecule has 4 aromatic carbocycles. The number of anilines is 4. The number of aliphatic hydroxyl groups excluding tert-OH is 2. The summed E-state index contributed by atoms with van der Waals surface area (Å²) in [7, 11) is 0. The monoisotopic (exact) mass is 950 g/mol. The molecule has 0 bridgehead atoms. The molecular weight excluding hydrogens is 914 g/mol. The van der Waals surface area contributed by atoms with E-state index in [1.165, 1.54) is 36.4 Å². The lowest BCUT2D eigenvalue weighted by Crippen LogP contribution is -2.31. The summed E-state index contributed by atoms with van der Waals surface area (Å²) in [5.41, 5.74) is 4.90. The fourth-order valence-electron chi connectivity index (χ4n) is 4.62. The lowest BCUT2D eigenvalue weighted by Gasteiger charge is -2.15. The predicted molar refractivity (Wildman–Crippen MR) is 204 cm³/mol. The summed E-state index contributed by atoms with van der Waals surface area (Å²) < 4.78 is 56.7. The van der Waals surface area contributed by atoms with Gasteiger partial charge in [0.05, 0.1) is 40.0 Å². The first-order chi connectivity index (χ1) is 24.7. The molecule has 0 aromatic heterocycles. The van der Waals surface area contributed by atoms with Crippen LogP contribution in [0.1, 0.15) is 53.8 Å². The van der Waals surface area contributed by atoms with E-state index < -0.39 is 47.5 Å². The smallest absolute Gasteiger partial charge is 0.277 e. The van der Waals surface area contributed by atoms with E-state index in [1.54, 1.807) is 12.1 Å². The molecule has 0 aliphatic heterocycles. The largest absolute Gasteiger partial charge is 0.391 e. The van der Waals surface area contributed by atoms with Crippen LogP contribution in [0.5, 0.6) is 0 Å². The van der Waals surface area contributed by atoms with Gasteiger partial charge in [0.15, 0.2) is 6.29 Å². The van der Waals surface area contributed by atoms with Crippen LogP contribution in [-0.4, -0.2) is 41.0 Å². The fraction of sp³-hybridized carbons (Fsp3) is 0.278. The van der Waals surface area contributed by atoms with Crippen molar-refractivity contribution in [2.45, 2.75) is 45.5 Å². The van der Waals surface area contributed by atoms with Crippen LogP contribution >= 0.6 is 45.2 Å². The fourth-order valence-corrected chi connectivity index (χ4v) is 5.53. The molecular formula is C36H36F4I2N4O6. The van der Waals surface area contributed by atoms with Gasteiger partial charge in [0.2, 0.25) is 0 Å². The van der Waals surface area contributed by atoms with Crippen molar-refractivity contribution >= 4 is 79.7 Å². The molecule has 0 saturated heterocycles. The molecule has 1 aliphatic carbocycles. The third kappa shape index (κ3) is 12.8. The molecule has 1 saturated carbocycles. The summed E-state index contributed by atoms with van der Waals surface area (Å²) in [5, 5.41) is 24.8. The van der Waals surface area contributed by atoms with E-state index in [0.717, 1.165) is 37.1 Å². The predicted octanol–water partition coefficient (Wildman–Crippen LogP) is 8.08. The zero-order chi connectivity index (χ0) is 37.9. The van der Waals surface area contributed by atoms with E-state index >= 15 is 0 Å². The van der Waals surface area contributed by atoms with Crippen molar-refractivity contribution in [1.29, 1.82) is 0 Å². The maximum absolute atomic E-state index is 14.1. The number of carbonyl (C=O) groups excluding carboxylic acids is 2. The number of aliphatic hydroxyl groups is 2. The van der Waals surface area contributed by atoms with Crippen LogP contribution in [0.15, 0.2) is 72.8 Å². The highest BCUT2D eigenvalue weighted by Gasteiger charge is 2.31. The lowest BCUT2D eigenvalue weighted by atomic mass is 10.1. The molecule has 1 fully saturated rings. The second-order valence-corrected chi connectivity index (χ2v) is 14.7. The Kier molecular flexibility index (Phi) is 15.4. The van der Waals surface area contributed by atoms with E-state index in [-0.39, 0.29) is 52.3 Å². The maximum atomic E-state index is 14.1. The van der Waals surface area contributed by atoms with E-state index in [2.05, 4.69) is 21.6 Å². The second kappa shape index (κ2) is 19.5. The average molecular weight is 951 g/mol. The maximum Gasteiger partial charge on any atom is 0.277 e. The summed E-state index contributed by atoms with van der Waals surface area (Å²) in [6.07, 6.45) is 0.427. The number of hydroxylamine groups is 2. The van der Waals surface area contributed by atoms with Crippen LogP contribution in [0.2, 0.25) is 0 Å². The second-order valence-electron chi connectivity index (χ2n) is 12.2. The number of halogens is 6. The molecule has 52 heavy (non-hydrogen) atoms. The highest BCUT2D eigenvalue weighted by molar-refractivity contribution is 14.1. The number of carbonyl (C=O) groups is 2. The molecule has 6 N–H and O–H groups in total. The Hall–Kier alpha value is -3.56. The topological polar surface area (TPSA) is 141 Å². The summed E-state index contributed by atoms with van der Waals surface area (Å²) in [6.45, 7) is 3.85. The zero-order valence-electron chi connectivity index (χ0n) is 27.9. The first-order valence-corrected chi connectivity index (χ1v) is 18.1. The lowest BCUT2D eigenvalue weighted by molar-refractivity contribution is -0.145. The van der Waals surface area contributed by atoms with E-state index in [0.29, 0.717) is 13.6 Å². The summed E-state index contributed by atoms with van der Waals surface area (Å²) >= 11 is 3.95. The summed E-state index contributed by atoms with van der Waals surface area (Å²) in [4.78, 5) is 34.5. The Labute approximate surface area is 324 Å². The molecule has 10 nitrogen and oxygen atoms in total. The molecule has 1 aliphatic rings. The van der Waals surface area contributed by atoms with Gasteiger partial charge in [-0.3, -0.25) is 14.4 Å². The number of amides is 2. The minimum atomic E-state index is -1.07. The van der Waals surface area contributed by atoms with Crippen LogP contribution in [0, 0.1) is 42.2 Å². The van der Waals surface area contributed by atoms with Crippen molar-refractivity contribution in [3.05, 3.63) is 114 Å². The van der Waals surface area contributed by atoms with Gasteiger partial charge < -0.3 is 20.8 Å². The van der Waals surface area contributed by atoms with Gasteiger partial charge in [0.1, 0.15) is 29.9 Å². The Morgan fingerprint density at radius 3 is 1.65 bits per heavy atom. The minimum absolute atomic E-state index is 0.0204. The molecule has 0 heterocycles. The molecule has 4 aromatic rings. The van der Waals surface area contributed by atoms with Gasteiger partial charge in [0, 0.05) is 13.1 Å². The quantitative estimate of drug-likeness (QED) is 0.0323. The van der Waals surface area contributed by atoms with Crippen LogP contribution in [0.3, 0.4) is 0 Å². The summed E-state index contributed by atoms with van der Waals surface area (Å²) in [6, 6.07) is 15.9. The molecule has 16 heteroatoms. The van der Waals surface area contributed by atoms with Crippen molar-refractivity contribution in [3.8, 4) is 0 Å². The van der Waals surface area contributed by atoms with Crippen molar-refractivity contribution in [3.63, 3.8) is 0 Å². The summed E-state index contributed by atoms with van der Waals surface area (Å²) in [5.74, 6) is -3.21. The third-order valence-corrected chi connectivity index (χ3v) is 8.68. The number of hydrogen-bond acceptors (Lipinski definition) is 8. The number of hydrogen-bond donors (Lipinski definition) is 6. The number of benzene rings is 4. The van der Waals surface area contributed by atoms with Crippen LogP contribution in [-0.2, 0) is 9.68 Å². The van der Waals surface area contributed by atoms with Gasteiger partial charge in [-0.2, -0.15) is 0 Å². The van der Waals surface area contributed by atoms with Crippen molar-refractivity contribution in [2.24, 2.45) is 11.8 Å². The minimum Gasteiger partial charge on any atom is -0.391 e. The molecule has 5 rings (SSSR count). The highest BCUT2D eigenvalue weighted by Crippen LogP contribution is 2.33. The van der Waals surface area contributed by atoms with Crippen LogP contribution in [0.25, 0.3) is 0 Å². The molecule has 278 valence electrons. The van der Waals surface area contributed by atoms with Gasteiger partial charge in [-0.05, 0) is 143 Å². The molecule has 2 unspecified atom stereocenters. The SMILES string of the molecule is CC(C)CC(O)CONC(=O)c1ccc(F)cc1Nc1ccc(I)cc1F.O=C(NOC(O)C1CC1)c1ccc(F)cc1Nc1ccc(I)cc1F. The Morgan fingerprint density at radius 1 is 0.731 bits per heavy atom. The van der Waals surface area contributed by atoms with Crippen LogP contribution < -0.4 is 21.6 Å². The Morgan fingerprint density at radius 2 is 1.21 bits per heavy atom. The normalized spacial score (nSPS) is 13.4. The first-order valence-electron chi connectivity index (χ1n) is 16.0. The Bertz CT molecular complexity index is 1870. The highest BCUT2D eigenvalue weighted by atomic mass is 127. The van der Waals surface area contributed by atoms with E-state index in [9.17, 15) is 37.4 Å². The molecule has 2 amide bonds. The standard InChI is InChI=1S/C19H21F2IN2O3.C17H15F2IN2O3/c1-11(2)7-14(25)10-27-24-19(26)15-5-3-12(20)8-18(15)23-17-6-4-13(22)9-16(17)21;18-10-3-5-12(16(23)22-25-17(24)9-1-2-9)15(7-10)21-14-6-4-11(20)8-13(14)19/h3-6,8-9,11,14,23,25H,7,10H2,1-2H3,(H,24,26);3-9,17,21,24H,1-2H2,(H,22,23). The zero-order valence-corrected chi connectivity index (χ0v) is 32.2. The number of rotatable bonds is 14. The van der Waals surface area contributed by atoms with Gasteiger partial charge in [0.25, 0.3) is 11.8 Å². The van der Waals surface area contributed by atoms with Gasteiger partial charge in [-0.25, -0.2) is 33.4 Å². The van der Waals surface area contributed by atoms with Gasteiger partial charge in [-0.15, -0.1) is 0 Å². The third-order valence-electron chi connectivity index (χ3n) is 7.34. The van der Waals surface area contributed by atoms with Crippen LogP contribution in [0.4, 0.5) is 40.3 Å². The van der Waals surface area contributed by atoms with E-state index in [1.807, 2.05) is 59.0 Å². The van der Waals surface area contributed by atoms with Gasteiger partial charge in [-0.1, -0.05) is 13.8 Å². The molecule has 0 radical (unpaired) electrons. The van der Waals surface area contributed by atoms with Crippen molar-refractivity contribution in [2.75, 3.05) is 17.2 Å². The Balaban J connectivity index is 0.000000233. The van der Waals surface area contributed by atoms with Crippen molar-refractivity contribution in [1.82, 2.24) is 11.0 Å². The van der Waals surface area contributed by atoms with Crippen molar-refractivity contribution < 1.29 is 47.0 Å². The van der Waals surface area contributed by atoms with Gasteiger partial charge >= 0.3 is 0 Å². The first kappa shape index (κ1) is 41.2.